The zero-order valence-corrected chi connectivity index (χ0v) is 22.5. The third-order valence-corrected chi connectivity index (χ3v) is 7.15. The summed E-state index contributed by atoms with van der Waals surface area (Å²) in [5, 5.41) is 7.28. The van der Waals surface area contributed by atoms with Crippen LogP contribution in [0.5, 0.6) is 11.5 Å². The highest BCUT2D eigenvalue weighted by atomic mass is 32.1. The minimum absolute atomic E-state index is 0.125. The number of nitrogens with one attached hydrogen (secondary N) is 2. The number of carbonyl (C=O) groups excluding carboxylic acids is 3. The summed E-state index contributed by atoms with van der Waals surface area (Å²) in [5.74, 6) is -1.14. The first-order valence-electron chi connectivity index (χ1n) is 12.4. The second kappa shape index (κ2) is 13.2. The number of ether oxygens (including phenoxy) is 3. The van der Waals surface area contributed by atoms with Crippen molar-refractivity contribution in [1.82, 2.24) is 10.6 Å². The van der Waals surface area contributed by atoms with Crippen LogP contribution < -0.4 is 25.0 Å². The van der Waals surface area contributed by atoms with Crippen LogP contribution in [-0.4, -0.2) is 57.7 Å². The molecule has 1 saturated heterocycles. The minimum Gasteiger partial charge on any atom is -0.493 e. The molecule has 0 unspecified atom stereocenters. The normalized spacial score (nSPS) is 15.3. The molecule has 206 valence electrons. The first kappa shape index (κ1) is 28.1. The van der Waals surface area contributed by atoms with Crippen molar-refractivity contribution in [3.05, 3.63) is 76.2 Å². The van der Waals surface area contributed by atoms with Crippen molar-refractivity contribution in [2.24, 2.45) is 0 Å². The van der Waals surface area contributed by atoms with Crippen LogP contribution in [0.1, 0.15) is 34.1 Å². The van der Waals surface area contributed by atoms with Gasteiger partial charge in [0.05, 0.1) is 31.7 Å². The number of halogens is 1. The minimum atomic E-state index is -1.18. The third-order valence-electron chi connectivity index (χ3n) is 6.28. The lowest BCUT2D eigenvalue weighted by Gasteiger charge is -2.32. The largest absolute Gasteiger partial charge is 0.493 e. The van der Waals surface area contributed by atoms with E-state index in [0.717, 1.165) is 12.8 Å². The Bertz CT molecular complexity index is 1280. The number of hydrogen-bond donors (Lipinski definition) is 2. The van der Waals surface area contributed by atoms with Gasteiger partial charge in [-0.2, -0.15) is 0 Å². The van der Waals surface area contributed by atoms with Crippen LogP contribution in [0.2, 0.25) is 0 Å². The Kier molecular flexibility index (Phi) is 9.50. The van der Waals surface area contributed by atoms with E-state index in [2.05, 4.69) is 10.6 Å². The van der Waals surface area contributed by atoms with Crippen molar-refractivity contribution in [1.29, 1.82) is 0 Å². The van der Waals surface area contributed by atoms with E-state index in [1.165, 1.54) is 54.7 Å². The predicted molar refractivity (Wildman–Crippen MR) is 145 cm³/mol. The van der Waals surface area contributed by atoms with E-state index in [1.54, 1.807) is 35.7 Å². The van der Waals surface area contributed by atoms with Crippen LogP contribution in [0.4, 0.5) is 10.1 Å². The number of nitrogens with zero attached hydrogens (tertiary/aromatic N) is 1. The summed E-state index contributed by atoms with van der Waals surface area (Å²) in [4.78, 5) is 41.7. The van der Waals surface area contributed by atoms with Crippen molar-refractivity contribution in [2.45, 2.75) is 25.0 Å². The van der Waals surface area contributed by atoms with Gasteiger partial charge in [0, 0.05) is 18.8 Å². The van der Waals surface area contributed by atoms with E-state index >= 15 is 0 Å². The summed E-state index contributed by atoms with van der Waals surface area (Å²) in [6.07, 6.45) is 1.60. The predicted octanol–water partition coefficient (Wildman–Crippen LogP) is 3.70. The molecule has 9 nitrogen and oxygen atoms in total. The molecule has 2 heterocycles. The molecule has 0 radical (unpaired) electrons. The zero-order chi connectivity index (χ0) is 27.8. The molecule has 3 amide bonds. The van der Waals surface area contributed by atoms with Crippen molar-refractivity contribution in [3.63, 3.8) is 0 Å². The van der Waals surface area contributed by atoms with Crippen LogP contribution in [0, 0.1) is 5.82 Å². The SMILES string of the molecule is COc1ccc([C@@H](C(=O)NC[C@H]2CCCO2)N(C(=O)CNC(=O)c2cccs2)c2ccc(F)cc2)cc1OC. The molecule has 11 heteroatoms. The van der Waals surface area contributed by atoms with Gasteiger partial charge in [0.25, 0.3) is 5.91 Å². The maximum absolute atomic E-state index is 13.8. The third kappa shape index (κ3) is 6.92. The molecule has 2 N–H and O–H groups in total. The summed E-state index contributed by atoms with van der Waals surface area (Å²) in [5.41, 5.74) is 0.707. The van der Waals surface area contributed by atoms with Gasteiger partial charge in [-0.05, 0) is 66.2 Å². The van der Waals surface area contributed by atoms with Crippen LogP contribution in [0.15, 0.2) is 60.0 Å². The maximum atomic E-state index is 13.8. The number of carbonyl (C=O) groups is 3. The summed E-state index contributed by atoms with van der Waals surface area (Å²) < 4.78 is 30.3. The van der Waals surface area contributed by atoms with Gasteiger partial charge in [-0.15, -0.1) is 11.3 Å². The van der Waals surface area contributed by atoms with Gasteiger partial charge in [0.2, 0.25) is 11.8 Å². The molecule has 2 atom stereocenters. The van der Waals surface area contributed by atoms with Gasteiger partial charge in [-0.1, -0.05) is 12.1 Å². The number of amides is 3. The van der Waals surface area contributed by atoms with E-state index in [0.29, 0.717) is 28.5 Å². The molecule has 0 aliphatic carbocycles. The molecule has 1 aliphatic rings. The second-order valence-corrected chi connectivity index (χ2v) is 9.74. The summed E-state index contributed by atoms with van der Waals surface area (Å²) in [6, 6.07) is 12.3. The second-order valence-electron chi connectivity index (χ2n) is 8.80. The summed E-state index contributed by atoms with van der Waals surface area (Å²) in [7, 11) is 2.96. The molecule has 1 fully saturated rings. The van der Waals surface area contributed by atoms with Gasteiger partial charge < -0.3 is 24.8 Å². The van der Waals surface area contributed by atoms with E-state index < -0.39 is 36.1 Å². The first-order chi connectivity index (χ1) is 18.9. The van der Waals surface area contributed by atoms with E-state index in [4.69, 9.17) is 14.2 Å². The molecule has 1 aliphatic heterocycles. The van der Waals surface area contributed by atoms with Gasteiger partial charge >= 0.3 is 0 Å². The number of thiophene rings is 1. The average Bonchev–Trinajstić information content (AvgIpc) is 3.68. The Hall–Kier alpha value is -3.96. The maximum Gasteiger partial charge on any atom is 0.261 e. The highest BCUT2D eigenvalue weighted by Gasteiger charge is 2.34. The van der Waals surface area contributed by atoms with E-state index in [1.807, 2.05) is 0 Å². The fourth-order valence-electron chi connectivity index (χ4n) is 4.33. The molecule has 4 rings (SSSR count). The Morgan fingerprint density at radius 3 is 2.49 bits per heavy atom. The molecule has 0 spiro atoms. The highest BCUT2D eigenvalue weighted by Crippen LogP contribution is 2.34. The monoisotopic (exact) mass is 555 g/mol. The molecule has 3 aromatic rings. The van der Waals surface area contributed by atoms with Gasteiger partial charge in [0.1, 0.15) is 11.9 Å². The lowest BCUT2D eigenvalue weighted by Crippen LogP contribution is -2.48. The fourth-order valence-corrected chi connectivity index (χ4v) is 4.97. The highest BCUT2D eigenvalue weighted by molar-refractivity contribution is 7.12. The van der Waals surface area contributed by atoms with Gasteiger partial charge in [-0.3, -0.25) is 19.3 Å². The van der Waals surface area contributed by atoms with E-state index in [9.17, 15) is 18.8 Å². The standard InChI is InChI=1S/C28H30FN3O6S/c1-36-22-12-7-18(15-23(22)37-2)26(28(35)30-16-21-5-3-13-38-21)32(20-10-8-19(29)9-11-20)25(33)17-31-27(34)24-6-4-14-39-24/h4,6-12,14-15,21,26H,3,5,13,16-17H2,1-2H3,(H,30,35)(H,31,34)/t21-,26+/m1/s1. The molecule has 39 heavy (non-hydrogen) atoms. The molecule has 1 aromatic heterocycles. The lowest BCUT2D eigenvalue weighted by molar-refractivity contribution is -0.126. The van der Waals surface area contributed by atoms with Gasteiger partial charge in [0.15, 0.2) is 11.5 Å². The van der Waals surface area contributed by atoms with Crippen molar-refractivity contribution < 1.29 is 33.0 Å². The number of anilines is 1. The van der Waals surface area contributed by atoms with Crippen molar-refractivity contribution in [2.75, 3.05) is 38.8 Å². The lowest BCUT2D eigenvalue weighted by atomic mass is 10.0. The Labute approximate surface area is 229 Å². The zero-order valence-electron chi connectivity index (χ0n) is 21.6. The molecule has 0 saturated carbocycles. The Morgan fingerprint density at radius 2 is 1.85 bits per heavy atom. The number of hydrogen-bond acceptors (Lipinski definition) is 7. The van der Waals surface area contributed by atoms with Crippen molar-refractivity contribution >= 4 is 34.7 Å². The molecule has 2 aromatic carbocycles. The number of benzene rings is 2. The smallest absolute Gasteiger partial charge is 0.261 e. The summed E-state index contributed by atoms with van der Waals surface area (Å²) in [6.45, 7) is 0.504. The van der Waals surface area contributed by atoms with Crippen LogP contribution in [0.3, 0.4) is 0 Å². The van der Waals surface area contributed by atoms with Crippen LogP contribution in [0.25, 0.3) is 0 Å². The van der Waals surface area contributed by atoms with Crippen molar-refractivity contribution in [3.8, 4) is 11.5 Å². The molecular formula is C28H30FN3O6S. The quantitative estimate of drug-likeness (QED) is 0.374. The Morgan fingerprint density at radius 1 is 1.08 bits per heavy atom. The van der Waals surface area contributed by atoms with E-state index in [-0.39, 0.29) is 18.3 Å². The number of rotatable bonds is 11. The fraction of sp³-hybridized carbons (Fsp3) is 0.321. The topological polar surface area (TPSA) is 106 Å². The first-order valence-corrected chi connectivity index (χ1v) is 13.3. The average molecular weight is 556 g/mol. The Balaban J connectivity index is 1.70. The van der Waals surface area contributed by atoms with Gasteiger partial charge in [-0.25, -0.2) is 4.39 Å². The molecular weight excluding hydrogens is 525 g/mol. The number of methoxy groups -OCH3 is 2. The van der Waals surface area contributed by atoms with Crippen LogP contribution in [-0.2, 0) is 14.3 Å². The van der Waals surface area contributed by atoms with Crippen LogP contribution >= 0.6 is 11.3 Å². The summed E-state index contributed by atoms with van der Waals surface area (Å²) >= 11 is 1.24. The molecule has 0 bridgehead atoms.